The second kappa shape index (κ2) is 8.61. The fourth-order valence-electron chi connectivity index (χ4n) is 4.09. The highest BCUT2D eigenvalue weighted by molar-refractivity contribution is 5.97. The van der Waals surface area contributed by atoms with E-state index in [0.29, 0.717) is 12.2 Å². The van der Waals surface area contributed by atoms with Crippen LogP contribution in [0.15, 0.2) is 60.8 Å². The number of ether oxygens (including phenoxy) is 2. The number of fused-ring (bicyclic) bond motifs is 1. The number of nitrogens with zero attached hydrogens (tertiary/aromatic N) is 1. The molecule has 3 aromatic rings. The van der Waals surface area contributed by atoms with E-state index in [4.69, 9.17) is 9.47 Å². The van der Waals surface area contributed by atoms with Crippen LogP contribution in [0.4, 0.5) is 0 Å². The third kappa shape index (κ3) is 3.83. The maximum atomic E-state index is 12.5. The van der Waals surface area contributed by atoms with Crippen LogP contribution < -0.4 is 0 Å². The standard InChI is InChI=1S/C24H27NO3/c1-2-27-24(26)20-17-22(25-16-10-9-15-21(20)25)23(18-11-5-3-6-12-18)28-19-13-7-4-8-14-19/h3,5-6,9-12,15-17,19,23H,2,4,7-8,13-14H2,1H3/t23-/m0/s1. The summed E-state index contributed by atoms with van der Waals surface area (Å²) >= 11 is 0. The van der Waals surface area contributed by atoms with E-state index in [-0.39, 0.29) is 18.2 Å². The molecule has 0 spiro atoms. The van der Waals surface area contributed by atoms with Crippen molar-refractivity contribution in [3.8, 4) is 0 Å². The average Bonchev–Trinajstić information content (AvgIpc) is 3.13. The Bertz CT molecular complexity index is 925. The minimum absolute atomic E-state index is 0.220. The highest BCUT2D eigenvalue weighted by Crippen LogP contribution is 2.34. The first-order valence-corrected chi connectivity index (χ1v) is 10.3. The van der Waals surface area contributed by atoms with E-state index in [1.165, 1.54) is 19.3 Å². The molecule has 2 aromatic heterocycles. The normalized spacial score (nSPS) is 16.2. The molecule has 0 N–H and O–H groups in total. The Morgan fingerprint density at radius 3 is 2.57 bits per heavy atom. The molecule has 4 rings (SSSR count). The molecule has 1 aliphatic carbocycles. The van der Waals surface area contributed by atoms with E-state index < -0.39 is 0 Å². The molecule has 28 heavy (non-hydrogen) atoms. The van der Waals surface area contributed by atoms with Crippen LogP contribution >= 0.6 is 0 Å². The molecule has 0 aliphatic heterocycles. The van der Waals surface area contributed by atoms with Crippen molar-refractivity contribution in [3.05, 3.63) is 77.6 Å². The molecule has 1 aromatic carbocycles. The van der Waals surface area contributed by atoms with Gasteiger partial charge in [-0.05, 0) is 43.5 Å². The van der Waals surface area contributed by atoms with E-state index in [9.17, 15) is 4.79 Å². The van der Waals surface area contributed by atoms with Crippen molar-refractivity contribution >= 4 is 11.5 Å². The molecule has 1 atom stereocenters. The smallest absolute Gasteiger partial charge is 0.340 e. The molecule has 146 valence electrons. The van der Waals surface area contributed by atoms with Crippen LogP contribution in [0.3, 0.4) is 0 Å². The summed E-state index contributed by atoms with van der Waals surface area (Å²) in [5.41, 5.74) is 3.51. The largest absolute Gasteiger partial charge is 0.462 e. The van der Waals surface area contributed by atoms with Gasteiger partial charge in [0.2, 0.25) is 0 Å². The summed E-state index contributed by atoms with van der Waals surface area (Å²) in [5, 5.41) is 0. The summed E-state index contributed by atoms with van der Waals surface area (Å²) in [6.07, 6.45) is 7.94. The quantitative estimate of drug-likeness (QED) is 0.528. The Kier molecular flexibility index (Phi) is 5.77. The first kappa shape index (κ1) is 18.8. The molecule has 0 saturated heterocycles. The van der Waals surface area contributed by atoms with Crippen molar-refractivity contribution in [2.75, 3.05) is 6.61 Å². The number of carbonyl (C=O) groups excluding carboxylic acids is 1. The van der Waals surface area contributed by atoms with E-state index in [1.54, 1.807) is 0 Å². The first-order chi connectivity index (χ1) is 13.8. The first-order valence-electron chi connectivity index (χ1n) is 10.3. The Morgan fingerprint density at radius 2 is 1.82 bits per heavy atom. The minimum Gasteiger partial charge on any atom is -0.462 e. The predicted molar refractivity (Wildman–Crippen MR) is 110 cm³/mol. The highest BCUT2D eigenvalue weighted by atomic mass is 16.5. The molecule has 1 aliphatic rings. The summed E-state index contributed by atoms with van der Waals surface area (Å²) in [4.78, 5) is 12.5. The number of benzene rings is 1. The zero-order valence-corrected chi connectivity index (χ0v) is 16.3. The van der Waals surface area contributed by atoms with Crippen LogP contribution in [-0.2, 0) is 9.47 Å². The van der Waals surface area contributed by atoms with Crippen molar-refractivity contribution in [1.82, 2.24) is 4.40 Å². The number of hydrogen-bond acceptors (Lipinski definition) is 3. The topological polar surface area (TPSA) is 39.9 Å². The Labute approximate surface area is 166 Å². The van der Waals surface area contributed by atoms with Crippen LogP contribution in [0.1, 0.15) is 66.7 Å². The van der Waals surface area contributed by atoms with Crippen molar-refractivity contribution < 1.29 is 14.3 Å². The van der Waals surface area contributed by atoms with Gasteiger partial charge in [-0.1, -0.05) is 55.7 Å². The van der Waals surface area contributed by atoms with Crippen molar-refractivity contribution in [2.45, 2.75) is 51.2 Å². The Hall–Kier alpha value is -2.59. The Balaban J connectivity index is 1.79. The highest BCUT2D eigenvalue weighted by Gasteiger charge is 2.27. The molecule has 0 unspecified atom stereocenters. The summed E-state index contributed by atoms with van der Waals surface area (Å²) in [5.74, 6) is -0.290. The maximum Gasteiger partial charge on any atom is 0.340 e. The SMILES string of the molecule is CCOC(=O)c1cc([C@@H](OC2CCCCC2)c2ccccc2)n2ccccc12. The molecule has 0 radical (unpaired) electrons. The molecule has 1 saturated carbocycles. The van der Waals surface area contributed by atoms with E-state index in [2.05, 4.69) is 16.5 Å². The summed E-state index contributed by atoms with van der Waals surface area (Å²) in [6.45, 7) is 2.19. The molecule has 4 heteroatoms. The van der Waals surface area contributed by atoms with Crippen molar-refractivity contribution in [2.24, 2.45) is 0 Å². The minimum atomic E-state index is -0.290. The van der Waals surface area contributed by atoms with Gasteiger partial charge in [0.1, 0.15) is 6.10 Å². The number of rotatable bonds is 6. The lowest BCUT2D eigenvalue weighted by atomic mass is 9.97. The van der Waals surface area contributed by atoms with Crippen LogP contribution in [0, 0.1) is 0 Å². The molecular formula is C24H27NO3. The number of esters is 1. The second-order valence-corrected chi connectivity index (χ2v) is 7.35. The number of carbonyl (C=O) groups is 1. The van der Waals surface area contributed by atoms with Crippen LogP contribution in [0.5, 0.6) is 0 Å². The van der Waals surface area contributed by atoms with Gasteiger partial charge in [-0.3, -0.25) is 0 Å². The van der Waals surface area contributed by atoms with Crippen LogP contribution in [0.25, 0.3) is 5.52 Å². The number of aromatic nitrogens is 1. The van der Waals surface area contributed by atoms with E-state index in [1.807, 2.05) is 55.6 Å². The summed E-state index contributed by atoms with van der Waals surface area (Å²) in [7, 11) is 0. The zero-order chi connectivity index (χ0) is 19.3. The third-order valence-corrected chi connectivity index (χ3v) is 5.45. The third-order valence-electron chi connectivity index (χ3n) is 5.45. The number of hydrogen-bond donors (Lipinski definition) is 0. The van der Waals surface area contributed by atoms with Gasteiger partial charge >= 0.3 is 5.97 Å². The van der Waals surface area contributed by atoms with Gasteiger partial charge in [-0.25, -0.2) is 4.79 Å². The van der Waals surface area contributed by atoms with Gasteiger partial charge in [0.15, 0.2) is 0 Å². The zero-order valence-electron chi connectivity index (χ0n) is 16.3. The fraction of sp³-hybridized carbons (Fsp3) is 0.375. The van der Waals surface area contributed by atoms with Gasteiger partial charge in [-0.2, -0.15) is 0 Å². The van der Waals surface area contributed by atoms with Crippen LogP contribution in [0.2, 0.25) is 0 Å². The van der Waals surface area contributed by atoms with Crippen LogP contribution in [-0.4, -0.2) is 23.1 Å². The van der Waals surface area contributed by atoms with Gasteiger partial charge < -0.3 is 13.9 Å². The summed E-state index contributed by atoms with van der Waals surface area (Å²) in [6, 6.07) is 18.1. The van der Waals surface area contributed by atoms with E-state index >= 15 is 0 Å². The predicted octanol–water partition coefficient (Wildman–Crippen LogP) is 5.55. The molecule has 1 fully saturated rings. The molecule has 2 heterocycles. The van der Waals surface area contributed by atoms with Gasteiger partial charge in [0.05, 0.1) is 29.5 Å². The van der Waals surface area contributed by atoms with Crippen molar-refractivity contribution in [1.29, 1.82) is 0 Å². The average molecular weight is 377 g/mol. The maximum absolute atomic E-state index is 12.5. The molecule has 0 amide bonds. The van der Waals surface area contributed by atoms with Gasteiger partial charge in [0.25, 0.3) is 0 Å². The lowest BCUT2D eigenvalue weighted by Gasteiger charge is -2.28. The van der Waals surface area contributed by atoms with E-state index in [0.717, 1.165) is 29.6 Å². The molecular weight excluding hydrogens is 350 g/mol. The van der Waals surface area contributed by atoms with Gasteiger partial charge in [-0.15, -0.1) is 0 Å². The monoisotopic (exact) mass is 377 g/mol. The van der Waals surface area contributed by atoms with Gasteiger partial charge in [0, 0.05) is 6.20 Å². The Morgan fingerprint density at radius 1 is 1.07 bits per heavy atom. The molecule has 4 nitrogen and oxygen atoms in total. The molecule has 0 bridgehead atoms. The fourth-order valence-corrected chi connectivity index (χ4v) is 4.09. The lowest BCUT2D eigenvalue weighted by Crippen LogP contribution is -2.21. The second-order valence-electron chi connectivity index (χ2n) is 7.35. The lowest BCUT2D eigenvalue weighted by molar-refractivity contribution is -0.0140. The van der Waals surface area contributed by atoms with Crippen molar-refractivity contribution in [3.63, 3.8) is 0 Å². The summed E-state index contributed by atoms with van der Waals surface area (Å²) < 4.78 is 14.0. The number of pyridine rings is 1.